The van der Waals surface area contributed by atoms with Crippen LogP contribution in [0.15, 0.2) is 60.7 Å². The molecule has 0 saturated heterocycles. The van der Waals surface area contributed by atoms with Crippen molar-refractivity contribution < 1.29 is 23.7 Å². The summed E-state index contributed by atoms with van der Waals surface area (Å²) in [5.41, 5.74) is 3.05. The number of carbonyl (C=O) groups excluding carboxylic acids is 1. The summed E-state index contributed by atoms with van der Waals surface area (Å²) in [4.78, 5) is 13.3. The number of benzene rings is 3. The highest BCUT2D eigenvalue weighted by atomic mass is 16.5. The van der Waals surface area contributed by atoms with E-state index in [0.29, 0.717) is 40.9 Å². The second kappa shape index (κ2) is 10.6. The molecule has 0 aliphatic carbocycles. The van der Waals surface area contributed by atoms with Gasteiger partial charge in [-0.1, -0.05) is 50.2 Å². The minimum absolute atomic E-state index is 0.269. The molecule has 0 bridgehead atoms. The van der Waals surface area contributed by atoms with Gasteiger partial charge in [0.15, 0.2) is 11.5 Å². The molecule has 0 spiro atoms. The SMILES string of the molecule is COc1cc(NC(=O)c2cc(C(C)C)ccc2OCc2ccccc2)cc(OC)c1OC. The first-order valence-corrected chi connectivity index (χ1v) is 10.4. The number of carbonyl (C=O) groups is 1. The predicted molar refractivity (Wildman–Crippen MR) is 125 cm³/mol. The third kappa shape index (κ3) is 5.32. The lowest BCUT2D eigenvalue weighted by molar-refractivity contribution is 0.102. The van der Waals surface area contributed by atoms with Crippen molar-refractivity contribution in [2.45, 2.75) is 26.4 Å². The van der Waals surface area contributed by atoms with Gasteiger partial charge in [0, 0.05) is 17.8 Å². The molecule has 32 heavy (non-hydrogen) atoms. The Kier molecular flexibility index (Phi) is 7.60. The average molecular weight is 436 g/mol. The Bertz CT molecular complexity index is 1040. The predicted octanol–water partition coefficient (Wildman–Crippen LogP) is 5.67. The van der Waals surface area contributed by atoms with Crippen molar-refractivity contribution >= 4 is 11.6 Å². The van der Waals surface area contributed by atoms with Gasteiger partial charge in [-0.25, -0.2) is 0 Å². The van der Waals surface area contributed by atoms with Crippen LogP contribution in [0.25, 0.3) is 0 Å². The lowest BCUT2D eigenvalue weighted by Crippen LogP contribution is -2.15. The van der Waals surface area contributed by atoms with Gasteiger partial charge in [-0.15, -0.1) is 0 Å². The van der Waals surface area contributed by atoms with Crippen LogP contribution < -0.4 is 24.3 Å². The summed E-state index contributed by atoms with van der Waals surface area (Å²) in [6, 6.07) is 18.9. The molecule has 0 unspecified atom stereocenters. The largest absolute Gasteiger partial charge is 0.493 e. The molecule has 3 aromatic rings. The van der Waals surface area contributed by atoms with E-state index in [1.165, 1.54) is 21.3 Å². The molecule has 0 fully saturated rings. The zero-order chi connectivity index (χ0) is 23.1. The Morgan fingerprint density at radius 3 is 2.06 bits per heavy atom. The van der Waals surface area contributed by atoms with Crippen molar-refractivity contribution in [3.05, 3.63) is 77.4 Å². The first-order chi connectivity index (χ1) is 15.5. The van der Waals surface area contributed by atoms with Gasteiger partial charge >= 0.3 is 0 Å². The fraction of sp³-hybridized carbons (Fsp3) is 0.269. The normalized spacial score (nSPS) is 10.6. The number of rotatable bonds is 9. The van der Waals surface area contributed by atoms with Gasteiger partial charge in [0.25, 0.3) is 5.91 Å². The van der Waals surface area contributed by atoms with Gasteiger partial charge in [-0.2, -0.15) is 0 Å². The molecule has 3 rings (SSSR count). The maximum absolute atomic E-state index is 13.3. The van der Waals surface area contributed by atoms with Crippen LogP contribution in [0.4, 0.5) is 5.69 Å². The van der Waals surface area contributed by atoms with Crippen molar-refractivity contribution in [3.8, 4) is 23.0 Å². The summed E-state index contributed by atoms with van der Waals surface area (Å²) in [7, 11) is 4.60. The first-order valence-electron chi connectivity index (χ1n) is 10.4. The van der Waals surface area contributed by atoms with Crippen LogP contribution in [0.1, 0.15) is 41.3 Å². The Morgan fingerprint density at radius 2 is 1.50 bits per heavy atom. The summed E-state index contributed by atoms with van der Waals surface area (Å²) in [5, 5.41) is 2.93. The second-order valence-electron chi connectivity index (χ2n) is 7.55. The van der Waals surface area contributed by atoms with E-state index >= 15 is 0 Å². The van der Waals surface area contributed by atoms with Crippen LogP contribution in [0.2, 0.25) is 0 Å². The number of methoxy groups -OCH3 is 3. The van der Waals surface area contributed by atoms with Crippen LogP contribution >= 0.6 is 0 Å². The first kappa shape index (κ1) is 23.0. The molecule has 0 saturated carbocycles. The minimum Gasteiger partial charge on any atom is -0.493 e. The number of anilines is 1. The zero-order valence-electron chi connectivity index (χ0n) is 19.1. The summed E-state index contributed by atoms with van der Waals surface area (Å²) in [5.74, 6) is 1.87. The number of hydrogen-bond donors (Lipinski definition) is 1. The van der Waals surface area contributed by atoms with E-state index in [4.69, 9.17) is 18.9 Å². The standard InChI is InChI=1S/C26H29NO5/c1-17(2)19-11-12-22(32-16-18-9-7-6-8-10-18)21(13-19)26(28)27-20-14-23(29-3)25(31-5)24(15-20)30-4/h6-15,17H,16H2,1-5H3,(H,27,28). The lowest BCUT2D eigenvalue weighted by atomic mass is 10.00. The number of ether oxygens (including phenoxy) is 4. The van der Waals surface area contributed by atoms with Gasteiger partial charge in [-0.05, 0) is 29.2 Å². The average Bonchev–Trinajstić information content (AvgIpc) is 2.82. The molecule has 168 valence electrons. The van der Waals surface area contributed by atoms with Gasteiger partial charge in [0.2, 0.25) is 5.75 Å². The van der Waals surface area contributed by atoms with Crippen LogP contribution in [-0.2, 0) is 6.61 Å². The maximum Gasteiger partial charge on any atom is 0.259 e. The Morgan fingerprint density at radius 1 is 0.844 bits per heavy atom. The molecule has 6 nitrogen and oxygen atoms in total. The fourth-order valence-electron chi connectivity index (χ4n) is 3.30. The van der Waals surface area contributed by atoms with Crippen molar-refractivity contribution in [1.29, 1.82) is 0 Å². The highest BCUT2D eigenvalue weighted by molar-refractivity contribution is 6.06. The molecule has 1 N–H and O–H groups in total. The molecule has 0 atom stereocenters. The quantitative estimate of drug-likeness (QED) is 0.469. The Balaban J connectivity index is 1.91. The topological polar surface area (TPSA) is 66.0 Å². The van der Waals surface area contributed by atoms with E-state index in [9.17, 15) is 4.79 Å². The maximum atomic E-state index is 13.3. The summed E-state index contributed by atoms with van der Waals surface area (Å²) < 4.78 is 22.1. The van der Waals surface area contributed by atoms with Crippen LogP contribution in [0, 0.1) is 0 Å². The van der Waals surface area contributed by atoms with E-state index in [0.717, 1.165) is 11.1 Å². The van der Waals surface area contributed by atoms with E-state index in [2.05, 4.69) is 19.2 Å². The highest BCUT2D eigenvalue weighted by Crippen LogP contribution is 2.40. The van der Waals surface area contributed by atoms with Crippen molar-refractivity contribution in [3.63, 3.8) is 0 Å². The van der Waals surface area contributed by atoms with E-state index in [1.54, 1.807) is 12.1 Å². The molecule has 0 aliphatic heterocycles. The van der Waals surface area contributed by atoms with E-state index < -0.39 is 0 Å². The van der Waals surface area contributed by atoms with Gasteiger partial charge in [0.05, 0.1) is 26.9 Å². The molecule has 0 aromatic heterocycles. The summed E-state index contributed by atoms with van der Waals surface area (Å²) in [6.07, 6.45) is 0. The second-order valence-corrected chi connectivity index (χ2v) is 7.55. The third-order valence-corrected chi connectivity index (χ3v) is 5.07. The molecule has 0 radical (unpaired) electrons. The third-order valence-electron chi connectivity index (χ3n) is 5.07. The Hall–Kier alpha value is -3.67. The van der Waals surface area contributed by atoms with Gasteiger partial charge in [0.1, 0.15) is 12.4 Å². The van der Waals surface area contributed by atoms with Gasteiger partial charge in [-0.3, -0.25) is 4.79 Å². The van der Waals surface area contributed by atoms with Gasteiger partial charge < -0.3 is 24.3 Å². The monoisotopic (exact) mass is 435 g/mol. The van der Waals surface area contributed by atoms with Crippen molar-refractivity contribution in [2.24, 2.45) is 0 Å². The molecule has 6 heteroatoms. The number of amides is 1. The minimum atomic E-state index is -0.287. The molecule has 1 amide bonds. The molecule has 0 aliphatic rings. The van der Waals surface area contributed by atoms with Crippen LogP contribution in [0.3, 0.4) is 0 Å². The molecule has 3 aromatic carbocycles. The summed E-state index contributed by atoms with van der Waals surface area (Å²) in [6.45, 7) is 4.54. The fourth-order valence-corrected chi connectivity index (χ4v) is 3.30. The molecule has 0 heterocycles. The smallest absolute Gasteiger partial charge is 0.259 e. The molecular weight excluding hydrogens is 406 g/mol. The van der Waals surface area contributed by atoms with E-state index in [-0.39, 0.29) is 11.8 Å². The highest BCUT2D eigenvalue weighted by Gasteiger charge is 2.18. The zero-order valence-corrected chi connectivity index (χ0v) is 19.1. The van der Waals surface area contributed by atoms with Crippen LogP contribution in [-0.4, -0.2) is 27.2 Å². The van der Waals surface area contributed by atoms with Crippen molar-refractivity contribution in [2.75, 3.05) is 26.6 Å². The van der Waals surface area contributed by atoms with E-state index in [1.807, 2.05) is 48.5 Å². The Labute approximate surface area is 189 Å². The number of nitrogens with one attached hydrogen (secondary N) is 1. The number of hydrogen-bond acceptors (Lipinski definition) is 5. The lowest BCUT2D eigenvalue weighted by Gasteiger charge is -2.17. The molecular formula is C26H29NO5. The van der Waals surface area contributed by atoms with Crippen molar-refractivity contribution in [1.82, 2.24) is 0 Å². The van der Waals surface area contributed by atoms with Crippen LogP contribution in [0.5, 0.6) is 23.0 Å². The summed E-state index contributed by atoms with van der Waals surface area (Å²) >= 11 is 0.